The zero-order chi connectivity index (χ0) is 14.9. The lowest BCUT2D eigenvalue weighted by Gasteiger charge is -2.10. The molecule has 0 atom stereocenters. The predicted molar refractivity (Wildman–Crippen MR) is 83.3 cm³/mol. The summed E-state index contributed by atoms with van der Waals surface area (Å²) in [7, 11) is 1.66. The fourth-order valence-electron chi connectivity index (χ4n) is 2.32. The smallest absolute Gasteiger partial charge is 0.0701 e. The number of nitrogens with zero attached hydrogens (tertiary/aromatic N) is 1. The van der Waals surface area contributed by atoms with Gasteiger partial charge in [-0.1, -0.05) is 18.2 Å². The lowest BCUT2D eigenvalue weighted by Crippen LogP contribution is -2.14. The minimum atomic E-state index is 0.537. The molecule has 0 aliphatic carbocycles. The van der Waals surface area contributed by atoms with Crippen LogP contribution in [0.3, 0.4) is 0 Å². The van der Waals surface area contributed by atoms with E-state index in [1.807, 2.05) is 12.1 Å². The Hall–Kier alpha value is -1.40. The second-order valence-electron chi connectivity index (χ2n) is 4.77. The second-order valence-corrected chi connectivity index (χ2v) is 4.77. The molecule has 1 aromatic heterocycles. The highest BCUT2D eigenvalue weighted by Crippen LogP contribution is 2.19. The molecule has 0 bridgehead atoms. The molecule has 1 heterocycles. The van der Waals surface area contributed by atoms with Crippen LogP contribution in [0.5, 0.6) is 0 Å². The fraction of sp³-hybridized carbons (Fsp3) is 0.500. The molecule has 0 aliphatic heterocycles. The summed E-state index contributed by atoms with van der Waals surface area (Å²) < 4.78 is 18.1. The average Bonchev–Trinajstić information content (AvgIpc) is 2.88. The third-order valence-electron chi connectivity index (χ3n) is 3.37. The van der Waals surface area contributed by atoms with Gasteiger partial charge in [-0.05, 0) is 17.5 Å². The van der Waals surface area contributed by atoms with Gasteiger partial charge in [0.15, 0.2) is 0 Å². The van der Waals surface area contributed by atoms with Crippen molar-refractivity contribution in [2.75, 3.05) is 40.1 Å². The van der Waals surface area contributed by atoms with Crippen molar-refractivity contribution in [3.63, 3.8) is 0 Å². The maximum Gasteiger partial charge on any atom is 0.0701 e. The molecule has 0 amide bonds. The molecule has 0 fully saturated rings. The number of methoxy groups -OCH3 is 1. The van der Waals surface area contributed by atoms with Crippen LogP contribution in [0.2, 0.25) is 0 Å². The number of fused-ring (bicyclic) bond motifs is 1. The summed E-state index contributed by atoms with van der Waals surface area (Å²) in [6.07, 6.45) is 0. The molecule has 0 aliphatic rings. The first-order chi connectivity index (χ1) is 10.4. The normalized spacial score (nSPS) is 11.3. The van der Waals surface area contributed by atoms with E-state index in [1.165, 1.54) is 10.9 Å². The van der Waals surface area contributed by atoms with E-state index in [4.69, 9.17) is 19.9 Å². The number of para-hydroxylation sites is 1. The van der Waals surface area contributed by atoms with Crippen LogP contribution in [0.1, 0.15) is 5.69 Å². The molecule has 1 aromatic carbocycles. The number of nitrogens with two attached hydrogens (primary N) is 1. The number of benzene rings is 1. The van der Waals surface area contributed by atoms with E-state index in [-0.39, 0.29) is 0 Å². The summed E-state index contributed by atoms with van der Waals surface area (Å²) in [6.45, 7) is 4.42. The van der Waals surface area contributed by atoms with Crippen LogP contribution < -0.4 is 5.73 Å². The predicted octanol–water partition coefficient (Wildman–Crippen LogP) is 1.78. The monoisotopic (exact) mass is 292 g/mol. The third kappa shape index (κ3) is 4.54. The second kappa shape index (κ2) is 8.79. The van der Waals surface area contributed by atoms with Crippen molar-refractivity contribution in [3.05, 3.63) is 36.0 Å². The Morgan fingerprint density at radius 1 is 1.00 bits per heavy atom. The highest BCUT2D eigenvalue weighted by atomic mass is 16.5. The van der Waals surface area contributed by atoms with Crippen LogP contribution >= 0.6 is 0 Å². The van der Waals surface area contributed by atoms with E-state index in [0.29, 0.717) is 39.6 Å². The van der Waals surface area contributed by atoms with Crippen LogP contribution in [0, 0.1) is 0 Å². The van der Waals surface area contributed by atoms with Crippen molar-refractivity contribution in [1.82, 2.24) is 4.57 Å². The molecule has 0 spiro atoms. The summed E-state index contributed by atoms with van der Waals surface area (Å²) in [4.78, 5) is 0. The van der Waals surface area contributed by atoms with Crippen molar-refractivity contribution in [1.29, 1.82) is 0 Å². The summed E-state index contributed by atoms with van der Waals surface area (Å²) in [5, 5.41) is 1.22. The Morgan fingerprint density at radius 3 is 2.48 bits per heavy atom. The SMILES string of the molecule is COCCOCCOCCn1c(CN)cc2ccccc21. The van der Waals surface area contributed by atoms with E-state index < -0.39 is 0 Å². The van der Waals surface area contributed by atoms with Crippen molar-refractivity contribution in [2.45, 2.75) is 13.1 Å². The van der Waals surface area contributed by atoms with E-state index in [1.54, 1.807) is 7.11 Å². The zero-order valence-corrected chi connectivity index (χ0v) is 12.6. The van der Waals surface area contributed by atoms with Gasteiger partial charge in [0.2, 0.25) is 0 Å². The fourth-order valence-corrected chi connectivity index (χ4v) is 2.32. The van der Waals surface area contributed by atoms with Gasteiger partial charge in [-0.3, -0.25) is 0 Å². The van der Waals surface area contributed by atoms with Gasteiger partial charge >= 0.3 is 0 Å². The Morgan fingerprint density at radius 2 is 1.71 bits per heavy atom. The van der Waals surface area contributed by atoms with Crippen LogP contribution in [0.4, 0.5) is 0 Å². The quantitative estimate of drug-likeness (QED) is 0.678. The average molecular weight is 292 g/mol. The lowest BCUT2D eigenvalue weighted by molar-refractivity contribution is 0.0231. The summed E-state index contributed by atoms with van der Waals surface area (Å²) >= 11 is 0. The molecule has 2 rings (SSSR count). The molecule has 21 heavy (non-hydrogen) atoms. The van der Waals surface area contributed by atoms with Crippen molar-refractivity contribution >= 4 is 10.9 Å². The highest BCUT2D eigenvalue weighted by molar-refractivity contribution is 5.81. The first kappa shape index (κ1) is 16.0. The maximum atomic E-state index is 5.82. The summed E-state index contributed by atoms with van der Waals surface area (Å²) in [5.41, 5.74) is 8.16. The van der Waals surface area contributed by atoms with Crippen LogP contribution in [0.15, 0.2) is 30.3 Å². The van der Waals surface area contributed by atoms with Crippen LogP contribution in [0.25, 0.3) is 10.9 Å². The Balaban J connectivity index is 1.78. The molecular weight excluding hydrogens is 268 g/mol. The maximum absolute atomic E-state index is 5.82. The molecular formula is C16H24N2O3. The molecule has 5 heteroatoms. The standard InChI is InChI=1S/C16H24N2O3/c1-19-8-9-21-11-10-20-7-6-18-15(13-17)12-14-4-2-3-5-16(14)18/h2-5,12H,6-11,13,17H2,1H3. The van der Waals surface area contributed by atoms with Gasteiger partial charge in [0.05, 0.1) is 33.0 Å². The van der Waals surface area contributed by atoms with Crippen molar-refractivity contribution in [2.24, 2.45) is 5.73 Å². The molecule has 2 N–H and O–H groups in total. The van der Waals surface area contributed by atoms with Gasteiger partial charge in [0, 0.05) is 31.4 Å². The van der Waals surface area contributed by atoms with Gasteiger partial charge in [-0.15, -0.1) is 0 Å². The largest absolute Gasteiger partial charge is 0.382 e. The number of hydrogen-bond donors (Lipinski definition) is 1. The first-order valence-corrected chi connectivity index (χ1v) is 7.28. The van der Waals surface area contributed by atoms with E-state index in [2.05, 4.69) is 22.8 Å². The summed E-state index contributed by atoms with van der Waals surface area (Å²) in [6, 6.07) is 10.4. The minimum absolute atomic E-state index is 0.537. The molecule has 2 aromatic rings. The number of aromatic nitrogens is 1. The molecule has 116 valence electrons. The lowest BCUT2D eigenvalue weighted by atomic mass is 10.2. The van der Waals surface area contributed by atoms with Gasteiger partial charge < -0.3 is 24.5 Å². The number of hydrogen-bond acceptors (Lipinski definition) is 4. The Kier molecular flexibility index (Phi) is 6.69. The van der Waals surface area contributed by atoms with Crippen LogP contribution in [-0.2, 0) is 27.3 Å². The highest BCUT2D eigenvalue weighted by Gasteiger charge is 2.06. The zero-order valence-electron chi connectivity index (χ0n) is 12.6. The van der Waals surface area contributed by atoms with E-state index in [9.17, 15) is 0 Å². The Bertz CT molecular complexity index is 539. The van der Waals surface area contributed by atoms with Gasteiger partial charge in [-0.2, -0.15) is 0 Å². The van der Waals surface area contributed by atoms with Gasteiger partial charge in [0.1, 0.15) is 0 Å². The van der Waals surface area contributed by atoms with E-state index >= 15 is 0 Å². The third-order valence-corrected chi connectivity index (χ3v) is 3.37. The van der Waals surface area contributed by atoms with Crippen molar-refractivity contribution in [3.8, 4) is 0 Å². The topological polar surface area (TPSA) is 58.6 Å². The van der Waals surface area contributed by atoms with Crippen molar-refractivity contribution < 1.29 is 14.2 Å². The summed E-state index contributed by atoms with van der Waals surface area (Å²) in [5.74, 6) is 0. The van der Waals surface area contributed by atoms with Crippen LogP contribution in [-0.4, -0.2) is 44.7 Å². The number of rotatable bonds is 10. The van der Waals surface area contributed by atoms with Gasteiger partial charge in [-0.25, -0.2) is 0 Å². The molecule has 0 radical (unpaired) electrons. The van der Waals surface area contributed by atoms with E-state index in [0.717, 1.165) is 12.2 Å². The first-order valence-electron chi connectivity index (χ1n) is 7.28. The Labute approximate surface area is 125 Å². The molecule has 5 nitrogen and oxygen atoms in total. The molecule has 0 saturated carbocycles. The minimum Gasteiger partial charge on any atom is -0.382 e. The number of ether oxygens (including phenoxy) is 3. The van der Waals surface area contributed by atoms with Gasteiger partial charge in [0.25, 0.3) is 0 Å². The molecule has 0 unspecified atom stereocenters. The molecule has 0 saturated heterocycles.